The van der Waals surface area contributed by atoms with Crippen molar-refractivity contribution in [2.45, 2.75) is 26.7 Å². The Morgan fingerprint density at radius 1 is 0.944 bits per heavy atom. The third-order valence-electron chi connectivity index (χ3n) is 5.69. The lowest BCUT2D eigenvalue weighted by Gasteiger charge is -2.11. The molecule has 0 aliphatic rings. The van der Waals surface area contributed by atoms with Gasteiger partial charge in [-0.3, -0.25) is 4.79 Å². The zero-order valence-electron chi connectivity index (χ0n) is 20.5. The molecule has 1 amide bonds. The summed E-state index contributed by atoms with van der Waals surface area (Å²) >= 11 is 0. The van der Waals surface area contributed by atoms with Crippen LogP contribution in [0.4, 0.5) is 0 Å². The van der Waals surface area contributed by atoms with Crippen molar-refractivity contribution in [3.63, 3.8) is 0 Å². The van der Waals surface area contributed by atoms with Crippen LogP contribution in [0, 0.1) is 6.92 Å². The number of hydrogen-bond donors (Lipinski definition) is 1. The van der Waals surface area contributed by atoms with Gasteiger partial charge in [0.1, 0.15) is 11.5 Å². The van der Waals surface area contributed by atoms with E-state index in [1.807, 2.05) is 73.7 Å². The monoisotopic (exact) mass is 480 g/mol. The van der Waals surface area contributed by atoms with Crippen molar-refractivity contribution in [3.8, 4) is 11.5 Å². The Kier molecular flexibility index (Phi) is 7.75. The lowest BCUT2D eigenvalue weighted by Crippen LogP contribution is -2.24. The number of benzene rings is 4. The van der Waals surface area contributed by atoms with Gasteiger partial charge in [-0.2, -0.15) is 5.10 Å². The number of amides is 1. The van der Waals surface area contributed by atoms with Crippen molar-refractivity contribution in [2.24, 2.45) is 5.10 Å². The van der Waals surface area contributed by atoms with Gasteiger partial charge in [-0.05, 0) is 59.5 Å². The Labute approximate surface area is 210 Å². The van der Waals surface area contributed by atoms with Crippen LogP contribution in [0.1, 0.15) is 46.8 Å². The number of aryl methyl sites for hydroxylation is 1. The molecule has 182 valence electrons. The summed E-state index contributed by atoms with van der Waals surface area (Å²) in [4.78, 5) is 25.1. The second-order valence-electron chi connectivity index (χ2n) is 8.76. The molecule has 0 heterocycles. The third kappa shape index (κ3) is 6.16. The number of rotatable bonds is 8. The van der Waals surface area contributed by atoms with Crippen LogP contribution >= 0.6 is 0 Å². The summed E-state index contributed by atoms with van der Waals surface area (Å²) in [5.41, 5.74) is 5.68. The molecule has 0 saturated carbocycles. The van der Waals surface area contributed by atoms with E-state index >= 15 is 0 Å². The molecule has 4 aromatic carbocycles. The Hall–Kier alpha value is -4.45. The van der Waals surface area contributed by atoms with Crippen LogP contribution in [0.25, 0.3) is 10.8 Å². The minimum atomic E-state index is -0.468. The van der Waals surface area contributed by atoms with Gasteiger partial charge in [0.25, 0.3) is 5.91 Å². The van der Waals surface area contributed by atoms with Crippen LogP contribution in [-0.2, 0) is 4.79 Å². The Balaban J connectivity index is 1.47. The van der Waals surface area contributed by atoms with Crippen LogP contribution in [-0.4, -0.2) is 24.7 Å². The smallest absolute Gasteiger partial charge is 0.343 e. The summed E-state index contributed by atoms with van der Waals surface area (Å²) in [6, 6.07) is 26.1. The van der Waals surface area contributed by atoms with Crippen LogP contribution in [0.15, 0.2) is 90.0 Å². The summed E-state index contributed by atoms with van der Waals surface area (Å²) in [5.74, 6) is 0.506. The van der Waals surface area contributed by atoms with Crippen LogP contribution in [0.2, 0.25) is 0 Å². The van der Waals surface area contributed by atoms with E-state index in [4.69, 9.17) is 9.47 Å². The third-order valence-corrected chi connectivity index (χ3v) is 5.69. The van der Waals surface area contributed by atoms with Crippen LogP contribution < -0.4 is 14.9 Å². The summed E-state index contributed by atoms with van der Waals surface area (Å²) < 4.78 is 11.3. The molecule has 0 bridgehead atoms. The highest BCUT2D eigenvalue weighted by atomic mass is 16.5. The fraction of sp³-hybridized carbons (Fsp3) is 0.167. The van der Waals surface area contributed by atoms with Gasteiger partial charge in [0.15, 0.2) is 6.61 Å². The molecule has 0 unspecified atom stereocenters. The van der Waals surface area contributed by atoms with Gasteiger partial charge < -0.3 is 9.47 Å². The number of esters is 1. The maximum absolute atomic E-state index is 12.8. The normalized spacial score (nSPS) is 11.1. The first-order valence-electron chi connectivity index (χ1n) is 11.8. The van der Waals surface area contributed by atoms with Gasteiger partial charge in [0, 0.05) is 5.56 Å². The molecule has 0 aliphatic carbocycles. The van der Waals surface area contributed by atoms with Gasteiger partial charge in [-0.15, -0.1) is 0 Å². The van der Waals surface area contributed by atoms with Crippen molar-refractivity contribution in [1.82, 2.24) is 5.43 Å². The Morgan fingerprint density at radius 3 is 2.47 bits per heavy atom. The highest BCUT2D eigenvalue weighted by Crippen LogP contribution is 2.27. The van der Waals surface area contributed by atoms with Gasteiger partial charge in [0.2, 0.25) is 0 Å². The molecule has 1 N–H and O–H groups in total. The fourth-order valence-corrected chi connectivity index (χ4v) is 3.73. The van der Waals surface area contributed by atoms with Crippen LogP contribution in [0.3, 0.4) is 0 Å². The number of carbonyl (C=O) groups excluding carboxylic acids is 2. The fourth-order valence-electron chi connectivity index (χ4n) is 3.73. The van der Waals surface area contributed by atoms with E-state index in [-0.39, 0.29) is 6.61 Å². The summed E-state index contributed by atoms with van der Waals surface area (Å²) in [6.45, 7) is 5.97. The van der Waals surface area contributed by atoms with E-state index in [0.717, 1.165) is 16.3 Å². The van der Waals surface area contributed by atoms with Crippen LogP contribution in [0.5, 0.6) is 11.5 Å². The molecule has 6 heteroatoms. The molecule has 0 aliphatic heterocycles. The summed E-state index contributed by atoms with van der Waals surface area (Å²) in [7, 11) is 0. The number of nitrogens with one attached hydrogen (secondary N) is 1. The second-order valence-corrected chi connectivity index (χ2v) is 8.76. The standard InChI is InChI=1S/C30H28N2O4/c1-20(2)22-11-14-25(15-12-22)35-19-29(33)32-31-18-27-26-10-5-4-8-23(26)13-16-28(27)36-30(34)24-9-6-7-21(3)17-24/h4-18,20H,19H2,1-3H3,(H,32,33)/b31-18+. The van der Waals surface area contributed by atoms with Crippen molar-refractivity contribution >= 4 is 28.9 Å². The molecule has 36 heavy (non-hydrogen) atoms. The minimum Gasteiger partial charge on any atom is -0.484 e. The number of nitrogens with zero attached hydrogens (tertiary/aromatic N) is 1. The largest absolute Gasteiger partial charge is 0.484 e. The topological polar surface area (TPSA) is 77.0 Å². The van der Waals surface area contributed by atoms with Gasteiger partial charge in [0.05, 0.1) is 11.8 Å². The van der Waals surface area contributed by atoms with Crippen molar-refractivity contribution in [1.29, 1.82) is 0 Å². The maximum Gasteiger partial charge on any atom is 0.343 e. The predicted octanol–water partition coefficient (Wildman–Crippen LogP) is 6.02. The quantitative estimate of drug-likeness (QED) is 0.145. The zero-order chi connectivity index (χ0) is 25.5. The average molecular weight is 481 g/mol. The number of hydrazone groups is 1. The molecule has 4 aromatic rings. The molecule has 4 rings (SSSR count). The molecular formula is C30H28N2O4. The average Bonchev–Trinajstić information content (AvgIpc) is 2.88. The Morgan fingerprint density at radius 2 is 1.72 bits per heavy atom. The first-order chi connectivity index (χ1) is 17.4. The molecule has 0 atom stereocenters. The summed E-state index contributed by atoms with van der Waals surface area (Å²) in [5, 5.41) is 5.89. The molecule has 0 fully saturated rings. The van der Waals surface area contributed by atoms with E-state index in [1.54, 1.807) is 18.2 Å². The van der Waals surface area contributed by atoms with E-state index in [2.05, 4.69) is 24.4 Å². The molecule has 0 spiro atoms. The van der Waals surface area contributed by atoms with Crippen molar-refractivity contribution < 1.29 is 19.1 Å². The predicted molar refractivity (Wildman–Crippen MR) is 142 cm³/mol. The van der Waals surface area contributed by atoms with E-state index in [0.29, 0.717) is 28.5 Å². The SMILES string of the molecule is Cc1cccc(C(=O)Oc2ccc3ccccc3c2/C=N/NC(=O)COc2ccc(C(C)C)cc2)c1. The van der Waals surface area contributed by atoms with E-state index in [9.17, 15) is 9.59 Å². The lowest BCUT2D eigenvalue weighted by molar-refractivity contribution is -0.123. The van der Waals surface area contributed by atoms with Crippen molar-refractivity contribution in [3.05, 3.63) is 107 Å². The minimum absolute atomic E-state index is 0.177. The number of carbonyl (C=O) groups is 2. The first-order valence-corrected chi connectivity index (χ1v) is 11.8. The second kappa shape index (κ2) is 11.3. The van der Waals surface area contributed by atoms with Gasteiger partial charge in [-0.1, -0.05) is 74.0 Å². The molecule has 6 nitrogen and oxygen atoms in total. The van der Waals surface area contributed by atoms with E-state index < -0.39 is 11.9 Å². The van der Waals surface area contributed by atoms with Gasteiger partial charge in [-0.25, -0.2) is 10.2 Å². The number of fused-ring (bicyclic) bond motifs is 1. The number of hydrogen-bond acceptors (Lipinski definition) is 5. The van der Waals surface area contributed by atoms with Crippen molar-refractivity contribution in [2.75, 3.05) is 6.61 Å². The number of ether oxygens (including phenoxy) is 2. The first kappa shape index (κ1) is 24.7. The molecule has 0 radical (unpaired) electrons. The molecule has 0 saturated heterocycles. The van der Waals surface area contributed by atoms with E-state index in [1.165, 1.54) is 11.8 Å². The highest BCUT2D eigenvalue weighted by Gasteiger charge is 2.14. The highest BCUT2D eigenvalue weighted by molar-refractivity contribution is 6.04. The maximum atomic E-state index is 12.8. The molecule has 0 aromatic heterocycles. The van der Waals surface area contributed by atoms with Gasteiger partial charge >= 0.3 is 5.97 Å². The molecular weight excluding hydrogens is 452 g/mol. The Bertz CT molecular complexity index is 1410. The zero-order valence-corrected chi connectivity index (χ0v) is 20.5. The summed E-state index contributed by atoms with van der Waals surface area (Å²) in [6.07, 6.45) is 1.48. The lowest BCUT2D eigenvalue weighted by atomic mass is 10.0.